The van der Waals surface area contributed by atoms with Crippen LogP contribution in [0.2, 0.25) is 0 Å². The summed E-state index contributed by atoms with van der Waals surface area (Å²) in [5, 5.41) is 7.12. The molecule has 0 saturated heterocycles. The van der Waals surface area contributed by atoms with Gasteiger partial charge in [-0.15, -0.1) is 0 Å². The molecule has 2 N–H and O–H groups in total. The van der Waals surface area contributed by atoms with E-state index in [1.165, 1.54) is 12.3 Å². The van der Waals surface area contributed by atoms with E-state index < -0.39 is 16.0 Å². The number of aromatic amines is 1. The number of nitrogens with one attached hydrogen (secondary N) is 2. The molecule has 0 aromatic carbocycles. The van der Waals surface area contributed by atoms with Crippen molar-refractivity contribution in [3.05, 3.63) is 29.3 Å². The van der Waals surface area contributed by atoms with Crippen LogP contribution in [0.25, 0.3) is 0 Å². The molecule has 2 rings (SSSR count). The summed E-state index contributed by atoms with van der Waals surface area (Å²) >= 11 is 0. The lowest BCUT2D eigenvalue weighted by Crippen LogP contribution is -2.22. The topological polar surface area (TPSA) is 127 Å². The van der Waals surface area contributed by atoms with Crippen molar-refractivity contribution in [3.8, 4) is 0 Å². The predicted octanol–water partition coefficient (Wildman–Crippen LogP) is 0.361. The summed E-state index contributed by atoms with van der Waals surface area (Å²) in [6, 6.07) is 1.20. The van der Waals surface area contributed by atoms with Gasteiger partial charge in [0.25, 0.3) is 0 Å². The van der Waals surface area contributed by atoms with Crippen molar-refractivity contribution in [3.63, 3.8) is 0 Å². The molecule has 0 spiro atoms. The Morgan fingerprint density at radius 3 is 2.86 bits per heavy atom. The molecule has 0 aliphatic carbocycles. The van der Waals surface area contributed by atoms with Crippen LogP contribution in [0.3, 0.4) is 0 Å². The van der Waals surface area contributed by atoms with Gasteiger partial charge in [-0.3, -0.25) is 0 Å². The van der Waals surface area contributed by atoms with Crippen LogP contribution in [0.1, 0.15) is 28.8 Å². The Bertz CT molecular complexity index is 733. The second-order valence-electron chi connectivity index (χ2n) is 4.12. The van der Waals surface area contributed by atoms with Crippen molar-refractivity contribution in [2.45, 2.75) is 25.3 Å². The minimum Gasteiger partial charge on any atom is -0.454 e. The highest BCUT2D eigenvalue weighted by atomic mass is 32.2. The van der Waals surface area contributed by atoms with Crippen molar-refractivity contribution < 1.29 is 22.6 Å². The quantitative estimate of drug-likeness (QED) is 0.737. The molecule has 0 radical (unpaired) electrons. The minimum absolute atomic E-state index is 0.0283. The van der Waals surface area contributed by atoms with E-state index in [0.717, 1.165) is 0 Å². The van der Waals surface area contributed by atoms with Crippen LogP contribution in [0.15, 0.2) is 21.8 Å². The molecule has 0 unspecified atom stereocenters. The van der Waals surface area contributed by atoms with Crippen LogP contribution in [0.5, 0.6) is 0 Å². The van der Waals surface area contributed by atoms with Gasteiger partial charge in [0, 0.05) is 12.7 Å². The zero-order chi connectivity index (χ0) is 15.5. The number of rotatable bonds is 6. The molecule has 0 amide bonds. The fraction of sp³-hybridized carbons (Fsp3) is 0.364. The number of hydrogen-bond acceptors (Lipinski definition) is 7. The Morgan fingerprint density at radius 1 is 1.48 bits per heavy atom. The average Bonchev–Trinajstić information content (AvgIpc) is 3.05. The molecule has 0 saturated carbocycles. The van der Waals surface area contributed by atoms with Crippen LogP contribution >= 0.6 is 0 Å². The minimum atomic E-state index is -3.61. The molecule has 0 fully saturated rings. The first kappa shape index (κ1) is 15.2. The van der Waals surface area contributed by atoms with E-state index in [4.69, 9.17) is 4.74 Å². The number of nitrogens with zero attached hydrogens (tertiary/aromatic N) is 2. The third-order valence-corrected chi connectivity index (χ3v) is 4.13. The molecular weight excluding hydrogens is 300 g/mol. The summed E-state index contributed by atoms with van der Waals surface area (Å²) in [4.78, 5) is 14.3. The molecule has 0 atom stereocenters. The highest BCUT2D eigenvalue weighted by molar-refractivity contribution is 7.89. The lowest BCUT2D eigenvalue weighted by molar-refractivity contribution is 0.0457. The third kappa shape index (κ3) is 3.47. The number of sulfonamides is 1. The van der Waals surface area contributed by atoms with E-state index in [-0.39, 0.29) is 23.7 Å². The molecule has 2 aromatic heterocycles. The van der Waals surface area contributed by atoms with E-state index in [0.29, 0.717) is 11.4 Å². The van der Waals surface area contributed by atoms with E-state index >= 15 is 0 Å². The maximum Gasteiger partial charge on any atom is 0.355 e. The molecule has 2 heterocycles. The van der Waals surface area contributed by atoms with E-state index in [1.807, 2.05) is 0 Å². The Balaban J connectivity index is 2.04. The van der Waals surface area contributed by atoms with Crippen LogP contribution < -0.4 is 4.72 Å². The largest absolute Gasteiger partial charge is 0.454 e. The van der Waals surface area contributed by atoms with Gasteiger partial charge in [-0.2, -0.15) is 0 Å². The standard InChI is InChI=1S/C11H14N4O5S/c1-3-13-21(17,18)8-4-9(12-5-8)11(16)19-6-10-7(2)14-20-15-10/h4-5,12-13H,3,6H2,1-2H3. The van der Waals surface area contributed by atoms with Gasteiger partial charge < -0.3 is 9.72 Å². The number of ether oxygens (including phenoxy) is 1. The monoisotopic (exact) mass is 314 g/mol. The normalized spacial score (nSPS) is 11.5. The van der Waals surface area contributed by atoms with Gasteiger partial charge in [0.2, 0.25) is 10.0 Å². The number of H-pyrrole nitrogens is 1. The lowest BCUT2D eigenvalue weighted by Gasteiger charge is -2.01. The van der Waals surface area contributed by atoms with E-state index in [2.05, 4.69) is 24.6 Å². The summed E-state index contributed by atoms with van der Waals surface area (Å²) in [5.41, 5.74) is 0.945. The van der Waals surface area contributed by atoms with Gasteiger partial charge in [0.15, 0.2) is 0 Å². The average molecular weight is 314 g/mol. The molecule has 9 nitrogen and oxygen atoms in total. The molecular formula is C11H14N4O5S. The van der Waals surface area contributed by atoms with Crippen molar-refractivity contribution >= 4 is 16.0 Å². The zero-order valence-electron chi connectivity index (χ0n) is 11.4. The Morgan fingerprint density at radius 2 is 2.24 bits per heavy atom. The van der Waals surface area contributed by atoms with E-state index in [9.17, 15) is 13.2 Å². The van der Waals surface area contributed by atoms with Crippen molar-refractivity contribution in [2.24, 2.45) is 0 Å². The lowest BCUT2D eigenvalue weighted by atomic mass is 10.4. The Kier molecular flexibility index (Phi) is 4.38. The van der Waals surface area contributed by atoms with Crippen LogP contribution in [0, 0.1) is 6.92 Å². The first-order chi connectivity index (χ1) is 9.94. The van der Waals surface area contributed by atoms with Gasteiger partial charge in [0.1, 0.15) is 28.6 Å². The highest BCUT2D eigenvalue weighted by Crippen LogP contribution is 2.12. The van der Waals surface area contributed by atoms with Gasteiger partial charge in [-0.25, -0.2) is 22.6 Å². The van der Waals surface area contributed by atoms with Gasteiger partial charge in [-0.05, 0) is 13.0 Å². The number of carbonyl (C=O) groups is 1. The zero-order valence-corrected chi connectivity index (χ0v) is 12.2. The molecule has 0 aliphatic rings. The predicted molar refractivity (Wildman–Crippen MR) is 69.8 cm³/mol. The summed E-state index contributed by atoms with van der Waals surface area (Å²) in [6.45, 7) is 3.47. The van der Waals surface area contributed by atoms with Crippen LogP contribution in [-0.2, 0) is 21.4 Å². The smallest absolute Gasteiger partial charge is 0.355 e. The maximum atomic E-state index is 11.8. The molecule has 21 heavy (non-hydrogen) atoms. The summed E-state index contributed by atoms with van der Waals surface area (Å²) in [7, 11) is -3.61. The number of aromatic nitrogens is 3. The summed E-state index contributed by atoms with van der Waals surface area (Å²) < 4.78 is 35.3. The fourth-order valence-corrected chi connectivity index (χ4v) is 2.55. The maximum absolute atomic E-state index is 11.8. The van der Waals surface area contributed by atoms with Gasteiger partial charge >= 0.3 is 5.97 Å². The third-order valence-electron chi connectivity index (χ3n) is 2.61. The van der Waals surface area contributed by atoms with Gasteiger partial charge in [0.05, 0.1) is 0 Å². The molecule has 0 bridgehead atoms. The number of carbonyl (C=O) groups excluding carboxylic acids is 1. The Hall–Kier alpha value is -2.20. The molecule has 0 aliphatic heterocycles. The number of hydrogen-bond donors (Lipinski definition) is 2. The van der Waals surface area contributed by atoms with Gasteiger partial charge in [-0.1, -0.05) is 17.2 Å². The van der Waals surface area contributed by atoms with Crippen LogP contribution in [0.4, 0.5) is 0 Å². The first-order valence-electron chi connectivity index (χ1n) is 6.07. The number of esters is 1. The second-order valence-corrected chi connectivity index (χ2v) is 5.89. The second kappa shape index (κ2) is 6.06. The van der Waals surface area contributed by atoms with Crippen molar-refractivity contribution in [1.29, 1.82) is 0 Å². The molecule has 10 heteroatoms. The summed E-state index contributed by atoms with van der Waals surface area (Å²) in [6.07, 6.45) is 1.22. The van der Waals surface area contributed by atoms with Crippen molar-refractivity contribution in [2.75, 3.05) is 6.54 Å². The molecule has 2 aromatic rings. The van der Waals surface area contributed by atoms with E-state index in [1.54, 1.807) is 13.8 Å². The fourth-order valence-electron chi connectivity index (χ4n) is 1.51. The van der Waals surface area contributed by atoms with Crippen LogP contribution in [-0.4, -0.2) is 36.2 Å². The SMILES string of the molecule is CCNS(=O)(=O)c1c[nH]c(C(=O)OCc2nonc2C)c1. The first-order valence-corrected chi connectivity index (χ1v) is 7.55. The highest BCUT2D eigenvalue weighted by Gasteiger charge is 2.19. The van der Waals surface area contributed by atoms with Crippen molar-refractivity contribution in [1.82, 2.24) is 20.0 Å². The summed E-state index contributed by atoms with van der Waals surface area (Å²) in [5.74, 6) is -0.699. The molecule has 114 valence electrons. The Labute approximate surface area is 120 Å². The number of aryl methyl sites for hydroxylation is 1.